The zero-order valence-electron chi connectivity index (χ0n) is 30.3. The first kappa shape index (κ1) is 41.6. The Labute approximate surface area is 306 Å². The number of thiol groups is 2. The molecule has 0 aliphatic carbocycles. The number of unbranched alkanes of at least 4 members (excludes halogenated alkanes) is 8. The Morgan fingerprint density at radius 1 is 0.959 bits per heavy atom. The first-order valence-corrected chi connectivity index (χ1v) is 20.1. The van der Waals surface area contributed by atoms with Crippen molar-refractivity contribution in [2.24, 2.45) is 11.1 Å². The minimum absolute atomic E-state index is 0.00149. The van der Waals surface area contributed by atoms with Gasteiger partial charge in [-0.3, -0.25) is 19.4 Å². The maximum absolute atomic E-state index is 14.0. The largest absolute Gasteiger partial charge is 0.461 e. The van der Waals surface area contributed by atoms with Crippen LogP contribution in [0, 0.1) is 11.7 Å². The predicted octanol–water partition coefficient (Wildman–Crippen LogP) is 7.29. The highest BCUT2D eigenvalue weighted by Gasteiger charge is 2.55. The van der Waals surface area contributed by atoms with Gasteiger partial charge in [0, 0.05) is 55.9 Å². The van der Waals surface area contributed by atoms with E-state index in [9.17, 15) is 14.0 Å². The van der Waals surface area contributed by atoms with E-state index in [1.807, 2.05) is 12.1 Å². The number of rotatable bonds is 25. The van der Waals surface area contributed by atoms with Crippen LogP contribution >= 0.6 is 25.3 Å². The number of piperidine rings is 1. The standard InChI is InChI=1S/C38H63FN4O4S2/c1-4-6-7-8-9-10-11-12-13-15-36(45)47-34-27-31-26-32(29-16-18-30(39)19-17-29)37(33(5-2)41-46-3)38(34)43(31)22-14-21-42(23-25-49)28-35(44)40-20-24-48/h16-19,31-32,34,37-38,48-49H,4-15,20-28H2,1-3H3,(H,40,44). The molecular formula is C38H63FN4O4S2. The number of carbonyl (C=O) groups excluding carboxylic acids is 2. The van der Waals surface area contributed by atoms with Crippen LogP contribution in [-0.2, 0) is 19.2 Å². The van der Waals surface area contributed by atoms with Gasteiger partial charge in [0.15, 0.2) is 0 Å². The minimum Gasteiger partial charge on any atom is -0.461 e. The lowest BCUT2D eigenvalue weighted by Crippen LogP contribution is -2.54. The number of nitrogens with zero attached hydrogens (tertiary/aromatic N) is 3. The molecule has 2 aliphatic heterocycles. The van der Waals surface area contributed by atoms with Gasteiger partial charge in [0.05, 0.1) is 18.3 Å². The third-order valence-electron chi connectivity index (χ3n) is 10.2. The van der Waals surface area contributed by atoms with Crippen molar-refractivity contribution < 1.29 is 23.6 Å². The van der Waals surface area contributed by atoms with Crippen molar-refractivity contribution in [1.82, 2.24) is 15.1 Å². The van der Waals surface area contributed by atoms with E-state index < -0.39 is 0 Å². The van der Waals surface area contributed by atoms with E-state index in [0.717, 1.165) is 69.4 Å². The van der Waals surface area contributed by atoms with Crippen LogP contribution in [0.1, 0.15) is 115 Å². The summed E-state index contributed by atoms with van der Waals surface area (Å²) in [5.41, 5.74) is 2.01. The second kappa shape index (κ2) is 23.6. The number of nitrogens with one attached hydrogen (secondary N) is 1. The fourth-order valence-corrected chi connectivity index (χ4v) is 8.30. The van der Waals surface area contributed by atoms with Gasteiger partial charge >= 0.3 is 5.97 Å². The molecule has 278 valence electrons. The van der Waals surface area contributed by atoms with Crippen molar-refractivity contribution >= 4 is 42.8 Å². The molecule has 2 fully saturated rings. The molecule has 1 aromatic carbocycles. The maximum atomic E-state index is 14.0. The molecule has 1 N–H and O–H groups in total. The number of fused-ring (bicyclic) bond motifs is 2. The van der Waals surface area contributed by atoms with Gasteiger partial charge in [-0.05, 0) is 55.8 Å². The molecule has 2 saturated heterocycles. The number of benzene rings is 1. The van der Waals surface area contributed by atoms with Gasteiger partial charge in [0.1, 0.15) is 19.0 Å². The molecule has 49 heavy (non-hydrogen) atoms. The van der Waals surface area contributed by atoms with Gasteiger partial charge in [-0.1, -0.05) is 82.5 Å². The molecule has 1 amide bonds. The van der Waals surface area contributed by atoms with Crippen LogP contribution in [0.5, 0.6) is 0 Å². The SMILES string of the molecule is CCCCCCCCCCCC(=O)OC1CC2CC(c3ccc(F)cc3)C(C(CC)=NOC)C1N2CCCN(CCS)CC(=O)NCCS. The summed E-state index contributed by atoms with van der Waals surface area (Å²) in [6.07, 6.45) is 14.1. The lowest BCUT2D eigenvalue weighted by Gasteiger charge is -2.46. The molecule has 1 aromatic rings. The summed E-state index contributed by atoms with van der Waals surface area (Å²) in [6.45, 7) is 7.49. The Balaban J connectivity index is 1.74. The first-order valence-electron chi connectivity index (χ1n) is 18.9. The Morgan fingerprint density at radius 2 is 1.65 bits per heavy atom. The summed E-state index contributed by atoms with van der Waals surface area (Å²) >= 11 is 8.64. The summed E-state index contributed by atoms with van der Waals surface area (Å²) in [7, 11) is 1.58. The van der Waals surface area contributed by atoms with Gasteiger partial charge in [-0.25, -0.2) is 4.39 Å². The molecule has 2 aliphatic rings. The van der Waals surface area contributed by atoms with Crippen molar-refractivity contribution in [3.05, 3.63) is 35.6 Å². The molecule has 2 heterocycles. The fraction of sp³-hybridized carbons (Fsp3) is 0.763. The van der Waals surface area contributed by atoms with Crippen LogP contribution < -0.4 is 5.32 Å². The van der Waals surface area contributed by atoms with Crippen LogP contribution in [-0.4, -0.2) is 96.9 Å². The van der Waals surface area contributed by atoms with Crippen molar-refractivity contribution in [2.45, 2.75) is 128 Å². The number of oxime groups is 1. The summed E-state index contributed by atoms with van der Waals surface area (Å²) in [5, 5.41) is 7.44. The number of amides is 1. The maximum Gasteiger partial charge on any atom is 0.306 e. The van der Waals surface area contributed by atoms with Crippen LogP contribution in [0.15, 0.2) is 29.4 Å². The second-order valence-electron chi connectivity index (χ2n) is 13.7. The summed E-state index contributed by atoms with van der Waals surface area (Å²) in [5.74, 6) is 0.937. The quantitative estimate of drug-likeness (QED) is 0.0324. The molecule has 5 unspecified atom stereocenters. The molecule has 0 saturated carbocycles. The number of ether oxygens (including phenoxy) is 1. The topological polar surface area (TPSA) is 83.5 Å². The molecular weight excluding hydrogens is 660 g/mol. The lowest BCUT2D eigenvalue weighted by atomic mass is 9.72. The first-order chi connectivity index (χ1) is 23.9. The number of carbonyl (C=O) groups is 2. The minimum atomic E-state index is -0.263. The Kier molecular flexibility index (Phi) is 20.0. The Bertz CT molecular complexity index is 1130. The normalized spacial score (nSPS) is 22.4. The van der Waals surface area contributed by atoms with Crippen molar-refractivity contribution in [2.75, 3.05) is 51.3 Å². The van der Waals surface area contributed by atoms with Crippen LogP contribution in [0.25, 0.3) is 0 Å². The van der Waals surface area contributed by atoms with Crippen molar-refractivity contribution in [3.8, 4) is 0 Å². The van der Waals surface area contributed by atoms with Gasteiger partial charge in [-0.2, -0.15) is 25.3 Å². The average molecular weight is 723 g/mol. The molecule has 0 radical (unpaired) electrons. The highest BCUT2D eigenvalue weighted by molar-refractivity contribution is 7.80. The third kappa shape index (κ3) is 13.7. The van der Waals surface area contributed by atoms with E-state index in [0.29, 0.717) is 37.4 Å². The predicted molar refractivity (Wildman–Crippen MR) is 204 cm³/mol. The van der Waals surface area contributed by atoms with Crippen molar-refractivity contribution in [1.29, 1.82) is 0 Å². The van der Waals surface area contributed by atoms with Gasteiger partial charge in [0.25, 0.3) is 0 Å². The lowest BCUT2D eigenvalue weighted by molar-refractivity contribution is -0.151. The van der Waals surface area contributed by atoms with E-state index in [2.05, 4.69) is 59.4 Å². The fourth-order valence-electron chi connectivity index (χ4n) is 7.91. The van der Waals surface area contributed by atoms with Gasteiger partial charge in [-0.15, -0.1) is 0 Å². The molecule has 0 spiro atoms. The number of hydrogen-bond acceptors (Lipinski definition) is 9. The summed E-state index contributed by atoms with van der Waals surface area (Å²) in [6, 6.07) is 6.98. The van der Waals surface area contributed by atoms with E-state index in [1.165, 1.54) is 50.7 Å². The third-order valence-corrected chi connectivity index (χ3v) is 10.6. The summed E-state index contributed by atoms with van der Waals surface area (Å²) < 4.78 is 20.4. The molecule has 8 nitrogen and oxygen atoms in total. The van der Waals surface area contributed by atoms with E-state index in [1.54, 1.807) is 7.11 Å². The Hall–Kier alpha value is -1.82. The monoisotopic (exact) mass is 722 g/mol. The molecule has 0 aromatic heterocycles. The highest BCUT2D eigenvalue weighted by Crippen LogP contribution is 2.49. The van der Waals surface area contributed by atoms with Crippen LogP contribution in [0.2, 0.25) is 0 Å². The van der Waals surface area contributed by atoms with E-state index in [4.69, 9.17) is 9.57 Å². The van der Waals surface area contributed by atoms with Crippen LogP contribution in [0.3, 0.4) is 0 Å². The number of hydrogen-bond donors (Lipinski definition) is 3. The van der Waals surface area contributed by atoms with E-state index >= 15 is 0 Å². The molecule has 3 rings (SSSR count). The van der Waals surface area contributed by atoms with Gasteiger partial charge in [0.2, 0.25) is 5.91 Å². The number of esters is 1. The van der Waals surface area contributed by atoms with Crippen LogP contribution in [0.4, 0.5) is 4.39 Å². The smallest absolute Gasteiger partial charge is 0.306 e. The highest BCUT2D eigenvalue weighted by atomic mass is 32.1. The molecule has 11 heteroatoms. The second-order valence-corrected chi connectivity index (χ2v) is 14.6. The zero-order chi connectivity index (χ0) is 35.4. The molecule has 2 bridgehead atoms. The summed E-state index contributed by atoms with van der Waals surface area (Å²) in [4.78, 5) is 35.8. The van der Waals surface area contributed by atoms with Crippen molar-refractivity contribution in [3.63, 3.8) is 0 Å². The average Bonchev–Trinajstić information content (AvgIpc) is 3.31. The van der Waals surface area contributed by atoms with E-state index in [-0.39, 0.29) is 47.7 Å². The Morgan fingerprint density at radius 3 is 2.29 bits per heavy atom. The zero-order valence-corrected chi connectivity index (χ0v) is 32.1. The number of halogens is 1. The van der Waals surface area contributed by atoms with Gasteiger partial charge < -0.3 is 14.9 Å². The molecule has 5 atom stereocenters.